The predicted octanol–water partition coefficient (Wildman–Crippen LogP) is 1.03. The van der Waals surface area contributed by atoms with Crippen LogP contribution in [0.1, 0.15) is 37.9 Å². The molecule has 0 spiro atoms. The molecule has 0 unspecified atom stereocenters. The molecule has 1 aliphatic rings. The molecule has 5 heteroatoms. The quantitative estimate of drug-likeness (QED) is 0.828. The van der Waals surface area contributed by atoms with Crippen molar-refractivity contribution in [1.29, 1.82) is 0 Å². The predicted molar refractivity (Wildman–Crippen MR) is 59.1 cm³/mol. The van der Waals surface area contributed by atoms with Crippen molar-refractivity contribution in [1.82, 2.24) is 10.1 Å². The molecule has 0 radical (unpaired) electrons. The van der Waals surface area contributed by atoms with Crippen LogP contribution >= 0.6 is 0 Å². The van der Waals surface area contributed by atoms with Gasteiger partial charge in [0.2, 0.25) is 5.89 Å². The van der Waals surface area contributed by atoms with Gasteiger partial charge < -0.3 is 15.0 Å². The Morgan fingerprint density at radius 1 is 1.38 bits per heavy atom. The molecule has 5 nitrogen and oxygen atoms in total. The molecule has 1 aliphatic heterocycles. The molecule has 0 saturated carbocycles. The molecule has 2 heterocycles. The molecule has 1 fully saturated rings. The van der Waals surface area contributed by atoms with Crippen LogP contribution in [0.5, 0.6) is 0 Å². The van der Waals surface area contributed by atoms with Gasteiger partial charge in [-0.05, 0) is 19.3 Å². The van der Waals surface area contributed by atoms with Gasteiger partial charge in [-0.15, -0.1) is 0 Å². The van der Waals surface area contributed by atoms with Crippen molar-refractivity contribution >= 4 is 0 Å². The molecular weight excluding hydrogens is 206 g/mol. The zero-order valence-corrected chi connectivity index (χ0v) is 9.74. The van der Waals surface area contributed by atoms with E-state index in [1.54, 1.807) is 0 Å². The summed E-state index contributed by atoms with van der Waals surface area (Å²) in [5.41, 5.74) is 5.71. The molecule has 16 heavy (non-hydrogen) atoms. The molecule has 0 aromatic carbocycles. The first-order valence-corrected chi connectivity index (χ1v) is 5.91. The Labute approximate surface area is 95.3 Å². The van der Waals surface area contributed by atoms with Gasteiger partial charge in [-0.2, -0.15) is 4.98 Å². The summed E-state index contributed by atoms with van der Waals surface area (Å²) in [7, 11) is 0. The van der Waals surface area contributed by atoms with Crippen LogP contribution < -0.4 is 5.73 Å². The van der Waals surface area contributed by atoms with Crippen LogP contribution in [0, 0.1) is 0 Å². The molecule has 2 rings (SSSR count). The molecule has 1 aromatic rings. The fourth-order valence-corrected chi connectivity index (χ4v) is 2.06. The first-order chi connectivity index (χ1) is 7.80. The van der Waals surface area contributed by atoms with E-state index in [0.717, 1.165) is 44.7 Å². The number of hydrogen-bond donors (Lipinski definition) is 1. The van der Waals surface area contributed by atoms with Crippen molar-refractivity contribution in [3.63, 3.8) is 0 Å². The molecular formula is C11H19N3O2. The van der Waals surface area contributed by atoms with Gasteiger partial charge in [0.25, 0.3) is 0 Å². The topological polar surface area (TPSA) is 74.2 Å². The number of aryl methyl sites for hydroxylation is 1. The van der Waals surface area contributed by atoms with Crippen LogP contribution in [0.2, 0.25) is 0 Å². The molecule has 1 saturated heterocycles. The van der Waals surface area contributed by atoms with E-state index in [1.807, 2.05) is 0 Å². The normalized spacial score (nSPS) is 19.9. The maximum atomic E-state index is 5.87. The summed E-state index contributed by atoms with van der Waals surface area (Å²) in [6.45, 7) is 4.10. The third-order valence-electron chi connectivity index (χ3n) is 3.24. The summed E-state index contributed by atoms with van der Waals surface area (Å²) in [5, 5.41) is 3.99. The van der Waals surface area contributed by atoms with Crippen molar-refractivity contribution in [3.05, 3.63) is 11.7 Å². The molecule has 0 bridgehead atoms. The van der Waals surface area contributed by atoms with Gasteiger partial charge in [-0.3, -0.25) is 0 Å². The first kappa shape index (κ1) is 11.5. The lowest BCUT2D eigenvalue weighted by atomic mass is 9.80. The van der Waals surface area contributed by atoms with E-state index in [4.69, 9.17) is 15.0 Å². The van der Waals surface area contributed by atoms with Gasteiger partial charge in [0.1, 0.15) is 0 Å². The fraction of sp³-hybridized carbons (Fsp3) is 0.818. The van der Waals surface area contributed by atoms with Crippen molar-refractivity contribution in [2.45, 2.75) is 38.0 Å². The van der Waals surface area contributed by atoms with Crippen molar-refractivity contribution in [2.75, 3.05) is 19.8 Å². The zero-order valence-electron chi connectivity index (χ0n) is 9.74. The Kier molecular flexibility index (Phi) is 3.56. The second-order valence-electron chi connectivity index (χ2n) is 4.36. The first-order valence-electron chi connectivity index (χ1n) is 5.91. The smallest absolute Gasteiger partial charge is 0.234 e. The summed E-state index contributed by atoms with van der Waals surface area (Å²) < 4.78 is 10.7. The van der Waals surface area contributed by atoms with Gasteiger partial charge in [0.15, 0.2) is 5.82 Å². The van der Waals surface area contributed by atoms with E-state index in [2.05, 4.69) is 17.1 Å². The molecule has 2 N–H and O–H groups in total. The summed E-state index contributed by atoms with van der Waals surface area (Å²) in [6.07, 6.45) is 3.63. The minimum Gasteiger partial charge on any atom is -0.381 e. The number of hydrogen-bond acceptors (Lipinski definition) is 5. The average molecular weight is 225 g/mol. The summed E-state index contributed by atoms with van der Waals surface area (Å²) in [4.78, 5) is 4.45. The Bertz CT molecular complexity index is 332. The van der Waals surface area contributed by atoms with Crippen molar-refractivity contribution in [2.24, 2.45) is 5.73 Å². The highest BCUT2D eigenvalue weighted by molar-refractivity contribution is 5.07. The van der Waals surface area contributed by atoms with E-state index in [9.17, 15) is 0 Å². The summed E-state index contributed by atoms with van der Waals surface area (Å²) >= 11 is 0. The van der Waals surface area contributed by atoms with Gasteiger partial charge in [-0.1, -0.05) is 12.1 Å². The number of nitrogens with two attached hydrogens (primary N) is 1. The summed E-state index contributed by atoms with van der Waals surface area (Å²) in [6, 6.07) is 0. The van der Waals surface area contributed by atoms with Gasteiger partial charge >= 0.3 is 0 Å². The SMILES string of the molecule is CCCc1noc(C2(CN)CCOCC2)n1. The van der Waals surface area contributed by atoms with Gasteiger partial charge in [-0.25, -0.2) is 0 Å². The zero-order chi connectivity index (χ0) is 11.4. The number of ether oxygens (including phenoxy) is 1. The van der Waals surface area contributed by atoms with Crippen LogP contribution in [0.25, 0.3) is 0 Å². The van der Waals surface area contributed by atoms with E-state index >= 15 is 0 Å². The lowest BCUT2D eigenvalue weighted by Crippen LogP contribution is -2.40. The number of aromatic nitrogens is 2. The van der Waals surface area contributed by atoms with Gasteiger partial charge in [0.05, 0.1) is 5.41 Å². The molecule has 90 valence electrons. The van der Waals surface area contributed by atoms with Crippen LogP contribution in [-0.4, -0.2) is 29.9 Å². The highest BCUT2D eigenvalue weighted by Crippen LogP contribution is 2.32. The van der Waals surface area contributed by atoms with Crippen LogP contribution in [0.15, 0.2) is 4.52 Å². The maximum Gasteiger partial charge on any atom is 0.234 e. The number of nitrogens with zero attached hydrogens (tertiary/aromatic N) is 2. The molecule has 0 amide bonds. The highest BCUT2D eigenvalue weighted by Gasteiger charge is 2.38. The third-order valence-corrected chi connectivity index (χ3v) is 3.24. The van der Waals surface area contributed by atoms with Crippen molar-refractivity contribution in [3.8, 4) is 0 Å². The standard InChI is InChI=1S/C11H19N3O2/c1-2-3-9-13-10(16-14-9)11(8-12)4-6-15-7-5-11/h2-8,12H2,1H3. The second kappa shape index (κ2) is 4.93. The van der Waals surface area contributed by atoms with E-state index < -0.39 is 0 Å². The Morgan fingerprint density at radius 2 is 2.12 bits per heavy atom. The molecule has 0 aliphatic carbocycles. The Balaban J connectivity index is 2.18. The third kappa shape index (κ3) is 2.10. The number of rotatable bonds is 4. The Morgan fingerprint density at radius 3 is 2.75 bits per heavy atom. The monoisotopic (exact) mass is 225 g/mol. The average Bonchev–Trinajstić information content (AvgIpc) is 2.80. The van der Waals surface area contributed by atoms with Gasteiger partial charge in [0, 0.05) is 26.2 Å². The summed E-state index contributed by atoms with van der Waals surface area (Å²) in [5.74, 6) is 1.48. The fourth-order valence-electron chi connectivity index (χ4n) is 2.06. The van der Waals surface area contributed by atoms with E-state index in [-0.39, 0.29) is 5.41 Å². The lowest BCUT2D eigenvalue weighted by molar-refractivity contribution is 0.0409. The highest BCUT2D eigenvalue weighted by atomic mass is 16.5. The Hall–Kier alpha value is -0.940. The van der Waals surface area contributed by atoms with E-state index in [0.29, 0.717) is 12.4 Å². The second-order valence-corrected chi connectivity index (χ2v) is 4.36. The van der Waals surface area contributed by atoms with Crippen LogP contribution in [0.3, 0.4) is 0 Å². The minimum atomic E-state index is -0.156. The van der Waals surface area contributed by atoms with Crippen molar-refractivity contribution < 1.29 is 9.26 Å². The van der Waals surface area contributed by atoms with Crippen LogP contribution in [-0.2, 0) is 16.6 Å². The van der Waals surface area contributed by atoms with E-state index in [1.165, 1.54) is 0 Å². The minimum absolute atomic E-state index is 0.156. The maximum absolute atomic E-state index is 5.87. The van der Waals surface area contributed by atoms with Crippen LogP contribution in [0.4, 0.5) is 0 Å². The largest absolute Gasteiger partial charge is 0.381 e. The molecule has 0 atom stereocenters. The lowest BCUT2D eigenvalue weighted by Gasteiger charge is -2.32. The molecule has 1 aromatic heterocycles.